The second kappa shape index (κ2) is 6.81. The fourth-order valence-electron chi connectivity index (χ4n) is 3.22. The Labute approximate surface area is 125 Å². The first kappa shape index (κ1) is 16.3. The van der Waals surface area contributed by atoms with Gasteiger partial charge in [0, 0.05) is 24.2 Å². The molecule has 2 rings (SSSR count). The predicted octanol–water partition coefficient (Wildman–Crippen LogP) is 2.73. The molecule has 0 bridgehead atoms. The van der Waals surface area contributed by atoms with Crippen molar-refractivity contribution < 1.29 is 13.5 Å². The maximum absolute atomic E-state index is 14.2. The zero-order chi connectivity index (χ0) is 15.5. The van der Waals surface area contributed by atoms with E-state index in [4.69, 9.17) is 4.74 Å². The summed E-state index contributed by atoms with van der Waals surface area (Å²) in [4.78, 5) is 2.31. The van der Waals surface area contributed by atoms with Crippen LogP contribution in [0.3, 0.4) is 0 Å². The van der Waals surface area contributed by atoms with Gasteiger partial charge in [-0.2, -0.15) is 0 Å². The van der Waals surface area contributed by atoms with Gasteiger partial charge < -0.3 is 10.1 Å². The lowest BCUT2D eigenvalue weighted by Gasteiger charge is -2.48. The Morgan fingerprint density at radius 2 is 2.00 bits per heavy atom. The molecule has 0 saturated carbocycles. The van der Waals surface area contributed by atoms with Crippen molar-refractivity contribution in [2.45, 2.75) is 31.8 Å². The second-order valence-corrected chi connectivity index (χ2v) is 5.70. The molecule has 1 aromatic rings. The average molecular weight is 298 g/mol. The van der Waals surface area contributed by atoms with Crippen molar-refractivity contribution in [3.05, 3.63) is 35.4 Å². The number of rotatable bonds is 5. The van der Waals surface area contributed by atoms with Gasteiger partial charge in [-0.05, 0) is 38.6 Å². The highest BCUT2D eigenvalue weighted by atomic mass is 19.1. The van der Waals surface area contributed by atoms with Crippen LogP contribution < -0.4 is 5.32 Å². The first-order valence-corrected chi connectivity index (χ1v) is 7.48. The summed E-state index contributed by atoms with van der Waals surface area (Å²) in [7, 11) is 1.80. The van der Waals surface area contributed by atoms with Crippen LogP contribution in [-0.4, -0.2) is 43.8 Å². The molecule has 1 aliphatic heterocycles. The van der Waals surface area contributed by atoms with Gasteiger partial charge in [-0.1, -0.05) is 6.92 Å². The molecule has 3 nitrogen and oxygen atoms in total. The van der Waals surface area contributed by atoms with Gasteiger partial charge in [0.1, 0.15) is 11.6 Å². The Bertz CT molecular complexity index is 477. The van der Waals surface area contributed by atoms with Crippen molar-refractivity contribution in [1.82, 2.24) is 10.2 Å². The topological polar surface area (TPSA) is 24.5 Å². The van der Waals surface area contributed by atoms with Crippen LogP contribution in [0.4, 0.5) is 8.78 Å². The van der Waals surface area contributed by atoms with Gasteiger partial charge in [0.25, 0.3) is 0 Å². The van der Waals surface area contributed by atoms with Gasteiger partial charge in [-0.3, -0.25) is 4.90 Å². The van der Waals surface area contributed by atoms with Crippen LogP contribution in [0.2, 0.25) is 0 Å². The summed E-state index contributed by atoms with van der Waals surface area (Å²) in [6.45, 7) is 7.15. The molecular weight excluding hydrogens is 274 g/mol. The third kappa shape index (κ3) is 3.25. The third-order valence-corrected chi connectivity index (χ3v) is 4.63. The van der Waals surface area contributed by atoms with Crippen LogP contribution in [0.15, 0.2) is 18.2 Å². The van der Waals surface area contributed by atoms with E-state index in [1.54, 1.807) is 7.05 Å². The minimum absolute atomic E-state index is 0.281. The lowest BCUT2D eigenvalue weighted by atomic mass is 9.82. The zero-order valence-corrected chi connectivity index (χ0v) is 13.0. The molecule has 1 aromatic carbocycles. The van der Waals surface area contributed by atoms with Crippen molar-refractivity contribution in [3.8, 4) is 0 Å². The largest absolute Gasteiger partial charge is 0.379 e. The van der Waals surface area contributed by atoms with Crippen LogP contribution in [-0.2, 0) is 4.74 Å². The molecule has 1 saturated heterocycles. The van der Waals surface area contributed by atoms with Crippen molar-refractivity contribution in [3.63, 3.8) is 0 Å². The van der Waals surface area contributed by atoms with E-state index < -0.39 is 5.82 Å². The number of benzene rings is 1. The SMILES string of the molecule is CCC(C)(C(NC)c1cc(F)ccc1F)N1CCOCC1. The minimum Gasteiger partial charge on any atom is -0.379 e. The predicted molar refractivity (Wildman–Crippen MR) is 79.2 cm³/mol. The smallest absolute Gasteiger partial charge is 0.128 e. The molecule has 1 N–H and O–H groups in total. The van der Waals surface area contributed by atoms with Gasteiger partial charge in [-0.15, -0.1) is 0 Å². The molecule has 1 fully saturated rings. The molecule has 2 unspecified atom stereocenters. The van der Waals surface area contributed by atoms with Crippen LogP contribution in [0.5, 0.6) is 0 Å². The van der Waals surface area contributed by atoms with E-state index in [9.17, 15) is 8.78 Å². The van der Waals surface area contributed by atoms with Crippen molar-refractivity contribution in [2.75, 3.05) is 33.4 Å². The maximum Gasteiger partial charge on any atom is 0.128 e. The molecule has 0 radical (unpaired) electrons. The fourth-order valence-corrected chi connectivity index (χ4v) is 3.22. The van der Waals surface area contributed by atoms with E-state index in [1.807, 2.05) is 0 Å². The molecule has 1 aliphatic rings. The molecule has 0 aliphatic carbocycles. The monoisotopic (exact) mass is 298 g/mol. The Kier molecular flexibility index (Phi) is 5.30. The summed E-state index contributed by atoms with van der Waals surface area (Å²) in [6.07, 6.45) is 0.828. The maximum atomic E-state index is 14.2. The second-order valence-electron chi connectivity index (χ2n) is 5.70. The number of hydrogen-bond acceptors (Lipinski definition) is 3. The number of morpholine rings is 1. The number of ether oxygens (including phenoxy) is 1. The Morgan fingerprint density at radius 3 is 2.57 bits per heavy atom. The van der Waals surface area contributed by atoms with Crippen LogP contribution >= 0.6 is 0 Å². The summed E-state index contributed by atoms with van der Waals surface area (Å²) < 4.78 is 33.1. The fraction of sp³-hybridized carbons (Fsp3) is 0.625. The molecule has 0 aromatic heterocycles. The average Bonchev–Trinajstić information content (AvgIpc) is 2.52. The zero-order valence-electron chi connectivity index (χ0n) is 13.0. The van der Waals surface area contributed by atoms with E-state index >= 15 is 0 Å². The van der Waals surface area contributed by atoms with Crippen LogP contribution in [0.25, 0.3) is 0 Å². The molecule has 0 spiro atoms. The minimum atomic E-state index is -0.410. The molecule has 5 heteroatoms. The van der Waals surface area contributed by atoms with Crippen molar-refractivity contribution in [2.24, 2.45) is 0 Å². The molecule has 21 heavy (non-hydrogen) atoms. The Morgan fingerprint density at radius 1 is 1.33 bits per heavy atom. The number of nitrogens with one attached hydrogen (secondary N) is 1. The van der Waals surface area contributed by atoms with Crippen LogP contribution in [0.1, 0.15) is 31.9 Å². The summed E-state index contributed by atoms with van der Waals surface area (Å²) in [5.41, 5.74) is 0.0843. The number of hydrogen-bond donors (Lipinski definition) is 1. The Hall–Kier alpha value is -1.04. The van der Waals surface area contributed by atoms with E-state index in [1.165, 1.54) is 12.1 Å². The number of halogens is 2. The number of likely N-dealkylation sites (N-methyl/N-ethyl adjacent to an activating group) is 1. The first-order chi connectivity index (χ1) is 10.0. The molecule has 0 amide bonds. The van der Waals surface area contributed by atoms with Gasteiger partial charge >= 0.3 is 0 Å². The Balaban J connectivity index is 2.38. The normalized spacial score (nSPS) is 21.0. The molecule has 118 valence electrons. The quantitative estimate of drug-likeness (QED) is 0.904. The highest BCUT2D eigenvalue weighted by molar-refractivity contribution is 5.26. The highest BCUT2D eigenvalue weighted by Gasteiger charge is 2.40. The lowest BCUT2D eigenvalue weighted by molar-refractivity contribution is -0.0323. The van der Waals surface area contributed by atoms with Gasteiger partial charge in [0.2, 0.25) is 0 Å². The summed E-state index contributed by atoms with van der Waals surface area (Å²) >= 11 is 0. The highest BCUT2D eigenvalue weighted by Crippen LogP contribution is 2.36. The first-order valence-electron chi connectivity index (χ1n) is 7.48. The van der Waals surface area contributed by atoms with Crippen LogP contribution in [0, 0.1) is 11.6 Å². The van der Waals surface area contributed by atoms with Gasteiger partial charge in [0.05, 0.1) is 19.3 Å². The van der Waals surface area contributed by atoms with Gasteiger partial charge in [0.15, 0.2) is 0 Å². The molecule has 1 heterocycles. The lowest BCUT2D eigenvalue weighted by Crippen LogP contribution is -2.57. The van der Waals surface area contributed by atoms with Crippen molar-refractivity contribution >= 4 is 0 Å². The van der Waals surface area contributed by atoms with E-state index in [0.717, 1.165) is 25.6 Å². The molecular formula is C16H24F2N2O. The molecule has 2 atom stereocenters. The van der Waals surface area contributed by atoms with Gasteiger partial charge in [-0.25, -0.2) is 8.78 Å². The summed E-state index contributed by atoms with van der Waals surface area (Å²) in [5, 5.41) is 3.19. The van der Waals surface area contributed by atoms with E-state index in [0.29, 0.717) is 18.8 Å². The van der Waals surface area contributed by atoms with E-state index in [-0.39, 0.29) is 17.4 Å². The van der Waals surface area contributed by atoms with E-state index in [2.05, 4.69) is 24.1 Å². The van der Waals surface area contributed by atoms with Crippen molar-refractivity contribution in [1.29, 1.82) is 0 Å². The number of nitrogens with zero attached hydrogens (tertiary/aromatic N) is 1. The standard InChI is InChI=1S/C16H24F2N2O/c1-4-16(2,20-7-9-21-10-8-20)15(19-3)13-11-12(17)5-6-14(13)18/h5-6,11,15,19H,4,7-10H2,1-3H3. The summed E-state index contributed by atoms with van der Waals surface area (Å²) in [6, 6.07) is 3.37. The summed E-state index contributed by atoms with van der Waals surface area (Å²) in [5.74, 6) is -0.782. The third-order valence-electron chi connectivity index (χ3n) is 4.63.